The van der Waals surface area contributed by atoms with Gasteiger partial charge in [-0.15, -0.1) is 0 Å². The number of aromatic carboxylic acids is 1. The molecule has 0 fully saturated rings. The van der Waals surface area contributed by atoms with E-state index in [2.05, 4.69) is 5.10 Å². The van der Waals surface area contributed by atoms with Crippen LogP contribution in [-0.4, -0.2) is 25.4 Å². The molecule has 146 valence electrons. The molecule has 0 radical (unpaired) electrons. The number of halogens is 4. The Kier molecular flexibility index (Phi) is 6.05. The third-order valence-electron chi connectivity index (χ3n) is 4.13. The molecular weight excluding hydrogens is 448 g/mol. The van der Waals surface area contributed by atoms with Crippen molar-refractivity contribution >= 4 is 52.4 Å². The van der Waals surface area contributed by atoms with Gasteiger partial charge in [0.15, 0.2) is 10.6 Å². The molecule has 0 amide bonds. The third-order valence-corrected chi connectivity index (χ3v) is 5.36. The Morgan fingerprint density at radius 1 is 1.11 bits per heavy atom. The van der Waals surface area contributed by atoms with Crippen LogP contribution >= 0.6 is 46.4 Å². The molecule has 0 atom stereocenters. The van der Waals surface area contributed by atoms with Crippen molar-refractivity contribution < 1.29 is 9.90 Å². The largest absolute Gasteiger partial charge is 0.477 e. The zero-order chi connectivity index (χ0) is 20.6. The van der Waals surface area contributed by atoms with Gasteiger partial charge in [0.25, 0.3) is 0 Å². The topological polar surface area (TPSA) is 77.1 Å². The summed E-state index contributed by atoms with van der Waals surface area (Å²) in [5.41, 5.74) is 0.208. The first-order valence-electron chi connectivity index (χ1n) is 8.07. The van der Waals surface area contributed by atoms with Gasteiger partial charge >= 0.3 is 5.97 Å². The normalized spacial score (nSPS) is 11.0. The molecule has 0 spiro atoms. The van der Waals surface area contributed by atoms with Crippen molar-refractivity contribution in [3.63, 3.8) is 0 Å². The maximum absolute atomic E-state index is 12.6. The van der Waals surface area contributed by atoms with Crippen LogP contribution in [0.25, 0.3) is 11.3 Å². The van der Waals surface area contributed by atoms with E-state index < -0.39 is 11.4 Å². The highest BCUT2D eigenvalue weighted by Crippen LogP contribution is 2.31. The van der Waals surface area contributed by atoms with Crippen LogP contribution in [0.5, 0.6) is 0 Å². The summed E-state index contributed by atoms with van der Waals surface area (Å²) < 4.78 is 3.13. The Labute approximate surface area is 179 Å². The molecule has 10 heteroatoms. The Balaban J connectivity index is 2.30. The van der Waals surface area contributed by atoms with Crippen LogP contribution in [0.3, 0.4) is 0 Å². The fourth-order valence-electron chi connectivity index (χ4n) is 2.97. The van der Waals surface area contributed by atoms with Gasteiger partial charge in [-0.25, -0.2) is 9.48 Å². The Morgan fingerprint density at radius 2 is 1.82 bits per heavy atom. The number of carbonyl (C=O) groups is 1. The first kappa shape index (κ1) is 20.7. The molecule has 0 aliphatic rings. The fourth-order valence-corrected chi connectivity index (χ4v) is 3.72. The van der Waals surface area contributed by atoms with Crippen molar-refractivity contribution in [1.82, 2.24) is 14.3 Å². The summed E-state index contributed by atoms with van der Waals surface area (Å²) in [6, 6.07) is 7.43. The summed E-state index contributed by atoms with van der Waals surface area (Å²) in [4.78, 5) is 24.5. The minimum Gasteiger partial charge on any atom is -0.477 e. The summed E-state index contributed by atoms with van der Waals surface area (Å²) in [5.74, 6) is -1.33. The Hall–Kier alpha value is -1.99. The number of carboxylic acid groups (broad SMARTS) is 1. The number of rotatable bonds is 5. The smallest absolute Gasteiger partial charge is 0.341 e. The molecule has 3 rings (SSSR count). The summed E-state index contributed by atoms with van der Waals surface area (Å²) in [7, 11) is 0. The minimum absolute atomic E-state index is 0.128. The van der Waals surface area contributed by atoms with E-state index in [-0.39, 0.29) is 28.0 Å². The van der Waals surface area contributed by atoms with Crippen LogP contribution in [-0.2, 0) is 13.1 Å². The van der Waals surface area contributed by atoms with Crippen LogP contribution in [0, 0.1) is 0 Å². The highest BCUT2D eigenvalue weighted by molar-refractivity contribution is 6.42. The van der Waals surface area contributed by atoms with Gasteiger partial charge in [0.2, 0.25) is 0 Å². The number of carboxylic acids is 1. The second-order valence-corrected chi connectivity index (χ2v) is 7.44. The quantitative estimate of drug-likeness (QED) is 0.575. The zero-order valence-electron chi connectivity index (χ0n) is 14.4. The molecule has 0 saturated carbocycles. The molecule has 3 aromatic rings. The van der Waals surface area contributed by atoms with Gasteiger partial charge in [0.1, 0.15) is 10.7 Å². The Morgan fingerprint density at radius 3 is 2.36 bits per heavy atom. The minimum atomic E-state index is -1.33. The molecule has 0 aliphatic heterocycles. The van der Waals surface area contributed by atoms with E-state index in [0.29, 0.717) is 28.0 Å². The van der Waals surface area contributed by atoms with E-state index in [1.165, 1.54) is 22.9 Å². The predicted octanol–water partition coefficient (Wildman–Crippen LogP) is 5.09. The maximum Gasteiger partial charge on any atom is 0.341 e. The highest BCUT2D eigenvalue weighted by Gasteiger charge is 2.23. The second-order valence-electron chi connectivity index (χ2n) is 5.85. The molecule has 0 aliphatic carbocycles. The number of hydrogen-bond donors (Lipinski definition) is 1. The molecule has 6 nitrogen and oxygen atoms in total. The van der Waals surface area contributed by atoms with Crippen molar-refractivity contribution in [3.05, 3.63) is 72.2 Å². The summed E-state index contributed by atoms with van der Waals surface area (Å²) in [6.45, 7) is 2.35. The summed E-state index contributed by atoms with van der Waals surface area (Å²) in [6.07, 6.45) is 0. The van der Waals surface area contributed by atoms with Crippen molar-refractivity contribution in [2.24, 2.45) is 0 Å². The van der Waals surface area contributed by atoms with Crippen LogP contribution in [0.2, 0.25) is 20.4 Å². The predicted molar refractivity (Wildman–Crippen MR) is 110 cm³/mol. The molecule has 0 unspecified atom stereocenters. The number of benzene rings is 1. The first-order valence-corrected chi connectivity index (χ1v) is 9.58. The molecule has 0 saturated heterocycles. The monoisotopic (exact) mass is 459 g/mol. The highest BCUT2D eigenvalue weighted by atomic mass is 35.5. The van der Waals surface area contributed by atoms with Crippen molar-refractivity contribution in [3.8, 4) is 11.3 Å². The van der Waals surface area contributed by atoms with E-state index in [4.69, 9.17) is 46.4 Å². The lowest BCUT2D eigenvalue weighted by Crippen LogP contribution is -2.24. The lowest BCUT2D eigenvalue weighted by molar-refractivity contribution is 0.0695. The van der Waals surface area contributed by atoms with Gasteiger partial charge in [-0.1, -0.05) is 52.5 Å². The number of aromatic nitrogens is 3. The number of pyridine rings is 1. The van der Waals surface area contributed by atoms with Gasteiger partial charge in [0.05, 0.1) is 22.3 Å². The summed E-state index contributed by atoms with van der Waals surface area (Å²) >= 11 is 24.1. The fraction of sp³-hybridized carbons (Fsp3) is 0.167. The molecule has 1 aromatic carbocycles. The van der Waals surface area contributed by atoms with E-state index in [1.807, 2.05) is 6.92 Å². The molecule has 28 heavy (non-hydrogen) atoms. The number of nitrogens with zero attached hydrogens (tertiary/aromatic N) is 3. The second kappa shape index (κ2) is 8.17. The zero-order valence-corrected chi connectivity index (χ0v) is 17.4. The van der Waals surface area contributed by atoms with Crippen LogP contribution in [0.15, 0.2) is 35.1 Å². The third kappa shape index (κ3) is 3.91. The lowest BCUT2D eigenvalue weighted by atomic mass is 10.0. The van der Waals surface area contributed by atoms with Crippen LogP contribution in [0.1, 0.15) is 23.0 Å². The molecule has 2 heterocycles. The SMILES string of the molecule is CCn1c(Cn2nc(Cl)cc2Cl)cc(=O)c(C(=O)O)c1-c1ccc(Cl)c(Cl)c1. The first-order chi connectivity index (χ1) is 13.2. The van der Waals surface area contributed by atoms with E-state index in [9.17, 15) is 14.7 Å². The number of hydrogen-bond acceptors (Lipinski definition) is 3. The van der Waals surface area contributed by atoms with Crippen molar-refractivity contribution in [1.29, 1.82) is 0 Å². The Bertz CT molecular complexity index is 1140. The van der Waals surface area contributed by atoms with Gasteiger partial charge in [-0.2, -0.15) is 5.10 Å². The average Bonchev–Trinajstić information content (AvgIpc) is 2.93. The standard InChI is InChI=1S/C18H13Cl4N3O3/c1-2-24-10(8-25-15(22)7-14(21)23-25)6-13(26)16(18(27)28)17(24)9-3-4-11(19)12(20)5-9/h3-7H,2,8H2,1H3,(H,27,28). The van der Waals surface area contributed by atoms with Gasteiger partial charge in [0, 0.05) is 29.9 Å². The maximum atomic E-state index is 12.6. The summed E-state index contributed by atoms with van der Waals surface area (Å²) in [5, 5.41) is 14.8. The van der Waals surface area contributed by atoms with E-state index in [1.54, 1.807) is 16.7 Å². The van der Waals surface area contributed by atoms with Crippen LogP contribution < -0.4 is 5.43 Å². The van der Waals surface area contributed by atoms with Gasteiger partial charge in [-0.05, 0) is 19.1 Å². The van der Waals surface area contributed by atoms with Crippen LogP contribution in [0.4, 0.5) is 0 Å². The molecular formula is C18H13Cl4N3O3. The average molecular weight is 461 g/mol. The molecule has 1 N–H and O–H groups in total. The lowest BCUT2D eigenvalue weighted by Gasteiger charge is -2.20. The van der Waals surface area contributed by atoms with Crippen molar-refractivity contribution in [2.75, 3.05) is 0 Å². The van der Waals surface area contributed by atoms with E-state index in [0.717, 1.165) is 0 Å². The van der Waals surface area contributed by atoms with Gasteiger partial charge in [-0.3, -0.25) is 4.79 Å². The van der Waals surface area contributed by atoms with Crippen molar-refractivity contribution in [2.45, 2.75) is 20.0 Å². The van der Waals surface area contributed by atoms with E-state index >= 15 is 0 Å². The van der Waals surface area contributed by atoms with Gasteiger partial charge < -0.3 is 9.67 Å². The molecule has 0 bridgehead atoms. The molecule has 2 aromatic heterocycles.